The Hall–Kier alpha value is -2.76. The summed E-state index contributed by atoms with van der Waals surface area (Å²) in [5.74, 6) is 1.82. The lowest BCUT2D eigenvalue weighted by Gasteiger charge is -2.11. The summed E-state index contributed by atoms with van der Waals surface area (Å²) in [6, 6.07) is 12.1. The molecule has 0 fully saturated rings. The van der Waals surface area contributed by atoms with Crippen molar-refractivity contribution in [1.29, 1.82) is 0 Å². The van der Waals surface area contributed by atoms with E-state index in [1.165, 1.54) is 0 Å². The molecule has 6 heteroatoms. The van der Waals surface area contributed by atoms with Crippen LogP contribution in [0.25, 0.3) is 11.0 Å². The third kappa shape index (κ3) is 4.38. The maximum atomic E-state index is 4.62. The van der Waals surface area contributed by atoms with Crippen molar-refractivity contribution in [3.63, 3.8) is 0 Å². The molecule has 0 amide bonds. The molecule has 24 heavy (non-hydrogen) atoms. The number of hydrogen-bond acceptors (Lipinski definition) is 2. The fourth-order valence-electron chi connectivity index (χ4n) is 2.56. The lowest BCUT2D eigenvalue weighted by Crippen LogP contribution is -2.39. The fourth-order valence-corrected chi connectivity index (χ4v) is 2.56. The molecule has 2 aromatic heterocycles. The van der Waals surface area contributed by atoms with Crippen LogP contribution in [-0.4, -0.2) is 40.1 Å². The molecule has 2 heterocycles. The van der Waals surface area contributed by atoms with E-state index in [1.807, 2.05) is 36.4 Å². The summed E-state index contributed by atoms with van der Waals surface area (Å²) < 4.78 is 2.14. The standard InChI is InChI=1S/C18H24N6/c1-2-19-18(21-11-14-24-12-5-6-13-24)20-10-9-17-22-15-7-3-4-8-16(15)23-17/h3-8,12-13H,2,9-11,14H2,1H3,(H,22,23)(H2,19,20,21). The van der Waals surface area contributed by atoms with Crippen LogP contribution in [0.5, 0.6) is 0 Å². The second-order valence-electron chi connectivity index (χ2n) is 5.56. The minimum Gasteiger partial charge on any atom is -0.357 e. The average molecular weight is 324 g/mol. The number of aliphatic imine (C=N–C) groups is 1. The molecule has 0 atom stereocenters. The number of benzene rings is 1. The minimum atomic E-state index is 0.693. The van der Waals surface area contributed by atoms with Gasteiger partial charge in [-0.3, -0.25) is 4.99 Å². The van der Waals surface area contributed by atoms with Gasteiger partial charge in [0.15, 0.2) is 5.96 Å². The molecule has 0 aliphatic rings. The zero-order valence-corrected chi connectivity index (χ0v) is 14.0. The number of imidazole rings is 1. The highest BCUT2D eigenvalue weighted by molar-refractivity contribution is 5.79. The van der Waals surface area contributed by atoms with Gasteiger partial charge < -0.3 is 20.2 Å². The minimum absolute atomic E-state index is 0.693. The van der Waals surface area contributed by atoms with Crippen molar-refractivity contribution >= 4 is 17.0 Å². The Kier molecular flexibility index (Phi) is 5.50. The van der Waals surface area contributed by atoms with Crippen molar-refractivity contribution in [1.82, 2.24) is 25.2 Å². The van der Waals surface area contributed by atoms with E-state index in [2.05, 4.69) is 49.5 Å². The van der Waals surface area contributed by atoms with Crippen LogP contribution >= 0.6 is 0 Å². The molecule has 0 saturated heterocycles. The van der Waals surface area contributed by atoms with E-state index < -0.39 is 0 Å². The van der Waals surface area contributed by atoms with Gasteiger partial charge in [0.2, 0.25) is 0 Å². The summed E-state index contributed by atoms with van der Waals surface area (Å²) in [4.78, 5) is 12.5. The molecule has 3 rings (SSSR count). The number of hydrogen-bond donors (Lipinski definition) is 3. The molecule has 0 unspecified atom stereocenters. The highest BCUT2D eigenvalue weighted by Gasteiger charge is 2.02. The molecule has 3 aromatic rings. The molecule has 0 aliphatic carbocycles. The van der Waals surface area contributed by atoms with Crippen LogP contribution in [-0.2, 0) is 13.0 Å². The number of rotatable bonds is 7. The first-order valence-electron chi connectivity index (χ1n) is 8.41. The van der Waals surface area contributed by atoms with Crippen LogP contribution < -0.4 is 10.6 Å². The molecule has 1 aromatic carbocycles. The molecule has 0 spiro atoms. The maximum absolute atomic E-state index is 4.62. The Morgan fingerprint density at radius 1 is 1.17 bits per heavy atom. The molecule has 3 N–H and O–H groups in total. The predicted molar refractivity (Wildman–Crippen MR) is 98.2 cm³/mol. The summed E-state index contributed by atoms with van der Waals surface area (Å²) >= 11 is 0. The van der Waals surface area contributed by atoms with Crippen LogP contribution in [0, 0.1) is 0 Å². The number of fused-ring (bicyclic) bond motifs is 1. The van der Waals surface area contributed by atoms with E-state index in [1.54, 1.807) is 0 Å². The van der Waals surface area contributed by atoms with Gasteiger partial charge in [0.05, 0.1) is 11.0 Å². The lowest BCUT2D eigenvalue weighted by atomic mass is 10.3. The topological polar surface area (TPSA) is 70.0 Å². The highest BCUT2D eigenvalue weighted by atomic mass is 15.2. The molecule has 126 valence electrons. The lowest BCUT2D eigenvalue weighted by molar-refractivity contribution is 0.665. The largest absolute Gasteiger partial charge is 0.357 e. The van der Waals surface area contributed by atoms with Crippen LogP contribution in [0.1, 0.15) is 12.7 Å². The van der Waals surface area contributed by atoms with E-state index in [0.717, 1.165) is 48.9 Å². The second-order valence-corrected chi connectivity index (χ2v) is 5.56. The number of aromatic nitrogens is 3. The first-order valence-corrected chi connectivity index (χ1v) is 8.41. The van der Waals surface area contributed by atoms with Crippen molar-refractivity contribution in [2.45, 2.75) is 19.9 Å². The number of nitrogens with zero attached hydrogens (tertiary/aromatic N) is 3. The van der Waals surface area contributed by atoms with E-state index in [-0.39, 0.29) is 0 Å². The summed E-state index contributed by atoms with van der Waals surface area (Å²) in [7, 11) is 0. The van der Waals surface area contributed by atoms with Gasteiger partial charge in [0.1, 0.15) is 5.82 Å². The van der Waals surface area contributed by atoms with E-state index >= 15 is 0 Å². The van der Waals surface area contributed by atoms with E-state index in [4.69, 9.17) is 0 Å². The van der Waals surface area contributed by atoms with Crippen molar-refractivity contribution in [2.75, 3.05) is 19.6 Å². The molecule has 0 saturated carbocycles. The summed E-state index contributed by atoms with van der Waals surface area (Å²) in [5, 5.41) is 6.63. The molecular weight excluding hydrogens is 300 g/mol. The van der Waals surface area contributed by atoms with Crippen molar-refractivity contribution in [3.05, 3.63) is 54.6 Å². The number of guanidine groups is 1. The van der Waals surface area contributed by atoms with Crippen molar-refractivity contribution < 1.29 is 0 Å². The Morgan fingerprint density at radius 2 is 2.00 bits per heavy atom. The van der Waals surface area contributed by atoms with Gasteiger partial charge in [-0.25, -0.2) is 4.98 Å². The third-order valence-electron chi connectivity index (χ3n) is 3.73. The quantitative estimate of drug-likeness (QED) is 0.461. The first kappa shape index (κ1) is 16.1. The maximum Gasteiger partial charge on any atom is 0.191 e. The number of nitrogens with one attached hydrogen (secondary N) is 3. The average Bonchev–Trinajstić information content (AvgIpc) is 3.23. The number of aromatic amines is 1. The van der Waals surface area contributed by atoms with Crippen LogP contribution in [0.3, 0.4) is 0 Å². The Labute approximate surface area is 142 Å². The van der Waals surface area contributed by atoms with Gasteiger partial charge in [-0.05, 0) is 31.2 Å². The van der Waals surface area contributed by atoms with Crippen LogP contribution in [0.4, 0.5) is 0 Å². The monoisotopic (exact) mass is 324 g/mol. The van der Waals surface area contributed by atoms with E-state index in [0.29, 0.717) is 6.54 Å². The smallest absolute Gasteiger partial charge is 0.191 e. The van der Waals surface area contributed by atoms with Gasteiger partial charge in [0, 0.05) is 45.0 Å². The van der Waals surface area contributed by atoms with Gasteiger partial charge in [-0.15, -0.1) is 0 Å². The second kappa shape index (κ2) is 8.19. The first-order chi connectivity index (χ1) is 11.8. The molecule has 6 nitrogen and oxygen atoms in total. The zero-order valence-electron chi connectivity index (χ0n) is 14.0. The summed E-state index contributed by atoms with van der Waals surface area (Å²) in [5.41, 5.74) is 2.08. The molecule has 0 bridgehead atoms. The summed E-state index contributed by atoms with van der Waals surface area (Å²) in [6.07, 6.45) is 4.92. The Morgan fingerprint density at radius 3 is 2.79 bits per heavy atom. The van der Waals surface area contributed by atoms with Crippen LogP contribution in [0.15, 0.2) is 53.8 Å². The normalized spacial score (nSPS) is 11.8. The fraction of sp³-hybridized carbons (Fsp3) is 0.333. The van der Waals surface area contributed by atoms with Gasteiger partial charge in [0.25, 0.3) is 0 Å². The third-order valence-corrected chi connectivity index (χ3v) is 3.73. The molecular formula is C18H24N6. The number of H-pyrrole nitrogens is 1. The van der Waals surface area contributed by atoms with Crippen LogP contribution in [0.2, 0.25) is 0 Å². The van der Waals surface area contributed by atoms with E-state index in [9.17, 15) is 0 Å². The Bertz CT molecular complexity index is 739. The predicted octanol–water partition coefficient (Wildman–Crippen LogP) is 2.16. The van der Waals surface area contributed by atoms with Gasteiger partial charge in [-0.2, -0.15) is 0 Å². The number of para-hydroxylation sites is 2. The molecule has 0 radical (unpaired) electrons. The summed E-state index contributed by atoms with van der Waals surface area (Å²) in [6.45, 7) is 5.37. The molecule has 0 aliphatic heterocycles. The van der Waals surface area contributed by atoms with Gasteiger partial charge >= 0.3 is 0 Å². The highest BCUT2D eigenvalue weighted by Crippen LogP contribution is 2.10. The Balaban J connectivity index is 1.51. The van der Waals surface area contributed by atoms with Crippen molar-refractivity contribution in [2.24, 2.45) is 4.99 Å². The SMILES string of the molecule is CCNC(=NCCc1nc2ccccc2[nH]1)NCCn1cccc1. The van der Waals surface area contributed by atoms with Gasteiger partial charge in [-0.1, -0.05) is 12.1 Å². The zero-order chi connectivity index (χ0) is 16.6. The van der Waals surface area contributed by atoms with Crippen molar-refractivity contribution in [3.8, 4) is 0 Å².